The molecule has 532 valence electrons. The van der Waals surface area contributed by atoms with Crippen molar-refractivity contribution in [1.29, 1.82) is 0 Å². The lowest BCUT2D eigenvalue weighted by Crippen LogP contribution is -2.37. The molecule has 0 aromatic carbocycles. The number of ether oxygens (including phenoxy) is 1. The topological polar surface area (TPSA) is 287 Å². The highest BCUT2D eigenvalue weighted by atomic mass is 32.2. The van der Waals surface area contributed by atoms with Crippen LogP contribution in [-0.4, -0.2) is 255 Å². The Hall–Kier alpha value is -3.49. The van der Waals surface area contributed by atoms with E-state index in [1.54, 1.807) is 66.2 Å². The molecule has 0 aliphatic carbocycles. The number of Topliss-reactive ketones (excluding diaryl/α,β-unsaturated/α-hetero) is 8. The lowest BCUT2D eigenvalue weighted by atomic mass is 10.2. The Kier molecular flexibility index (Phi) is 130. The number of carbonyl (C=O) groups is 10. The molecule has 0 spiro atoms. The maximum absolute atomic E-state index is 12.4. The zero-order valence-electron chi connectivity index (χ0n) is 50.6. The van der Waals surface area contributed by atoms with Crippen molar-refractivity contribution in [3.05, 3.63) is 0 Å². The molecule has 0 radical (unpaired) electrons. The lowest BCUT2D eigenvalue weighted by Gasteiger charge is -2.17. The predicted octanol–water partition coefficient (Wildman–Crippen LogP) is 11.3. The second-order valence-electron chi connectivity index (χ2n) is 17.7. The zero-order chi connectivity index (χ0) is 65.5. The molecule has 0 atom stereocenters. The summed E-state index contributed by atoms with van der Waals surface area (Å²) in [6, 6.07) is 0. The number of carbonyl (C=O) groups excluding carboxylic acids is 10. The molecule has 0 rings (SSSR count). The molecule has 0 bridgehead atoms. The van der Waals surface area contributed by atoms with Crippen LogP contribution in [0.1, 0.15) is 136 Å². The number of hydrogen-bond donors (Lipinski definition) is 0. The van der Waals surface area contributed by atoms with Gasteiger partial charge in [-0.3, -0.25) is 46.8 Å². The first-order valence-electron chi connectivity index (χ1n) is 21.1. The molecule has 0 saturated heterocycles. The van der Waals surface area contributed by atoms with E-state index in [9.17, 15) is 95.7 Å². The highest BCUT2D eigenvalue weighted by Gasteiger charge is 2.36. The van der Waals surface area contributed by atoms with Crippen molar-refractivity contribution in [2.45, 2.75) is 154 Å². The lowest BCUT2D eigenvalue weighted by molar-refractivity contribution is -0.150. The third-order valence-corrected chi connectivity index (χ3v) is 5.67. The van der Waals surface area contributed by atoms with Gasteiger partial charge < -0.3 is 28.8 Å². The minimum Gasteiger partial charge on any atom is -0.463 e. The molecule has 0 saturated carbocycles. The van der Waals surface area contributed by atoms with Gasteiger partial charge in [0.1, 0.15) is 15.6 Å². The first-order valence-corrected chi connectivity index (χ1v) is 33.5. The Bertz CT molecular complexity index is 1940. The fourth-order valence-electron chi connectivity index (χ4n) is 1.48. The van der Waals surface area contributed by atoms with Gasteiger partial charge in [-0.05, 0) is 82.0 Å². The number of hydrogen-bond acceptors (Lipinski definition) is 19. The van der Waals surface area contributed by atoms with Crippen LogP contribution in [0.25, 0.3) is 0 Å². The number of rotatable bonds is 10. The van der Waals surface area contributed by atoms with Crippen molar-refractivity contribution < 1.29 is 100 Å². The number of amides is 1. The fraction of sp³-hybridized carbons (Fsp3) is 0.815. The highest BCUT2D eigenvalue weighted by molar-refractivity contribution is 7.92. The number of sulfone groups is 1. The monoisotopic (exact) mass is 1360 g/mol. The van der Waals surface area contributed by atoms with E-state index in [1.165, 1.54) is 84.6 Å². The summed E-state index contributed by atoms with van der Waals surface area (Å²) in [4.78, 5) is 103. The molecular formula is C54H130F6N4O16P2S3. The summed E-state index contributed by atoms with van der Waals surface area (Å²) >= 11 is 0. The minimum atomic E-state index is -3.19. The zero-order valence-corrected chi connectivity index (χ0v) is 54.9. The van der Waals surface area contributed by atoms with Crippen molar-refractivity contribution in [3.8, 4) is 0 Å². The third-order valence-electron chi connectivity index (χ3n) is 4.79. The van der Waals surface area contributed by atoms with Crippen LogP contribution in [0, 0.1) is 0 Å². The number of methoxy groups -OCH3 is 1. The summed E-state index contributed by atoms with van der Waals surface area (Å²) in [6.45, 7) is 22.1. The molecule has 0 aliphatic heterocycles. The molecule has 0 aromatic heterocycles. The van der Waals surface area contributed by atoms with E-state index in [-0.39, 0.29) is 84.2 Å². The number of nitrogens with zero attached hydrogens (tertiary/aromatic N) is 4. The molecule has 0 fully saturated rings. The molecule has 0 unspecified atom stereocenters. The van der Waals surface area contributed by atoms with Gasteiger partial charge in [0.05, 0.1) is 27.3 Å². The van der Waals surface area contributed by atoms with Crippen LogP contribution in [0.15, 0.2) is 4.36 Å². The Labute approximate surface area is 521 Å². The van der Waals surface area contributed by atoms with Gasteiger partial charge in [-0.2, -0.15) is 26.3 Å². The number of ketones is 8. The highest BCUT2D eigenvalue weighted by Crippen LogP contribution is 2.28. The van der Waals surface area contributed by atoms with E-state index in [0.717, 1.165) is 40.2 Å². The molecule has 0 aliphatic rings. The SMILES string of the molecule is C.C.C.C.C.C.C.C.C.CC(=O)C(=O)N(C)C.CC(=O)C(C)(F)F.CC(=O)C(C)=O.CC(=O)C(F)(F)CN(C)C.CC(=O)C(F)(F)CN(C)C.CC(C)=O.CN=S(C)(C)=O.COC(=O)C(C)=O.CP(C)(C)=O.CP(C)C.CS(C)(=O)=O.CS(C)=O. The molecule has 0 heterocycles. The van der Waals surface area contributed by atoms with Crippen molar-refractivity contribution >= 4 is 104 Å². The largest absolute Gasteiger partial charge is 0.463 e. The molecule has 85 heavy (non-hydrogen) atoms. The molecular weight excluding hydrogens is 1230 g/mol. The smallest absolute Gasteiger partial charge is 0.374 e. The van der Waals surface area contributed by atoms with Crippen molar-refractivity contribution in [2.24, 2.45) is 4.36 Å². The van der Waals surface area contributed by atoms with Crippen molar-refractivity contribution in [1.82, 2.24) is 14.7 Å². The first-order chi connectivity index (χ1) is 32.8. The van der Waals surface area contributed by atoms with Gasteiger partial charge in [-0.15, -0.1) is 7.92 Å². The maximum atomic E-state index is 12.4. The number of halogens is 6. The molecule has 1 amide bonds. The summed E-state index contributed by atoms with van der Waals surface area (Å²) in [7, 11) is 5.48. The first kappa shape index (κ1) is 144. The maximum Gasteiger partial charge on any atom is 0.374 e. The van der Waals surface area contributed by atoms with Crippen LogP contribution in [-0.2, 0) is 87.6 Å². The van der Waals surface area contributed by atoms with Crippen LogP contribution in [0.5, 0.6) is 0 Å². The average molecular weight is 1360 g/mol. The summed E-state index contributed by atoms with van der Waals surface area (Å²) in [5, 5.41) is 0. The normalized spacial score (nSPS) is 9.08. The Balaban J connectivity index is -0.0000000277. The van der Waals surface area contributed by atoms with Crippen LogP contribution < -0.4 is 0 Å². The fourth-order valence-corrected chi connectivity index (χ4v) is 1.48. The van der Waals surface area contributed by atoms with Gasteiger partial charge in [0.2, 0.25) is 11.6 Å². The number of likely N-dealkylation sites (N-methyl/N-ethyl adjacent to an activating group) is 1. The summed E-state index contributed by atoms with van der Waals surface area (Å²) in [6.07, 6.45) is 8.81. The number of esters is 1. The van der Waals surface area contributed by atoms with E-state index in [4.69, 9.17) is 0 Å². The van der Waals surface area contributed by atoms with Gasteiger partial charge in [-0.25, -0.2) is 17.6 Å². The third kappa shape index (κ3) is 240. The van der Waals surface area contributed by atoms with E-state index in [0.29, 0.717) is 14.8 Å². The van der Waals surface area contributed by atoms with E-state index >= 15 is 0 Å². The second kappa shape index (κ2) is 76.6. The van der Waals surface area contributed by atoms with Gasteiger partial charge in [0.25, 0.3) is 5.91 Å². The van der Waals surface area contributed by atoms with Gasteiger partial charge in [-0.1, -0.05) is 66.8 Å². The summed E-state index contributed by atoms with van der Waals surface area (Å²) in [5.74, 6) is -15.6. The van der Waals surface area contributed by atoms with Gasteiger partial charge >= 0.3 is 23.7 Å². The second-order valence-corrected chi connectivity index (χ2v) is 30.7. The molecule has 0 aromatic rings. The molecule has 31 heteroatoms. The number of alkyl halides is 6. The van der Waals surface area contributed by atoms with E-state index < -0.39 is 109 Å². The summed E-state index contributed by atoms with van der Waals surface area (Å²) < 4.78 is 130. The Morgan fingerprint density at radius 1 is 0.529 bits per heavy atom. The van der Waals surface area contributed by atoms with Crippen molar-refractivity contribution in [3.63, 3.8) is 0 Å². The Morgan fingerprint density at radius 3 is 0.694 bits per heavy atom. The van der Waals surface area contributed by atoms with E-state index in [1.807, 2.05) is 0 Å². The predicted molar refractivity (Wildman–Crippen MR) is 359 cm³/mol. The van der Waals surface area contributed by atoms with Crippen LogP contribution in [0.2, 0.25) is 0 Å². The van der Waals surface area contributed by atoms with Crippen LogP contribution in [0.3, 0.4) is 0 Å². The van der Waals surface area contributed by atoms with E-state index in [2.05, 4.69) is 29.1 Å². The molecule has 20 nitrogen and oxygen atoms in total. The van der Waals surface area contributed by atoms with Crippen molar-refractivity contribution in [2.75, 3.05) is 147 Å². The van der Waals surface area contributed by atoms with Gasteiger partial charge in [0, 0.05) is 135 Å². The summed E-state index contributed by atoms with van der Waals surface area (Å²) in [5.41, 5.74) is 0. The Morgan fingerprint density at radius 2 is 0.682 bits per heavy atom. The van der Waals surface area contributed by atoms with Gasteiger partial charge in [0.15, 0.2) is 28.9 Å². The average Bonchev–Trinajstić information content (AvgIpc) is 3.11. The molecule has 0 N–H and O–H groups in total. The quantitative estimate of drug-likeness (QED) is 0.0850. The minimum absolute atomic E-state index is 0. The van der Waals surface area contributed by atoms with Crippen LogP contribution in [0.4, 0.5) is 26.3 Å². The van der Waals surface area contributed by atoms with Crippen LogP contribution >= 0.6 is 15.1 Å². The standard InChI is InChI=1S/2C6H11F2NO.C5H9NO2.C4H6F2O.C4H6O3.C4H6O2.C3H9NOS.C3H9OP.C3H6O.C3H9P.C2H6O2S.C2H6OS.9CH4/c2*1-5(10)6(7,8)4-9(2)3;1-4(7)5(8)6(2)3;1-3(7)4(2,5)6;1-3(5)4(6)7-2;1-3(5)4(2)6;1-4-6(2,3)5;1-5(2,3)4;1-3(2)4;1-4(2)3;1-5(2,3)4;1-4(2)3;;;;;;;;;/h2*4H2,1-3H3;1-3H3;2*1-2H3;1-2H3;1-3H3;1-3H3;1-2H3;1-3H3;1-2H3;1-2H3;9*1H4.